The summed E-state index contributed by atoms with van der Waals surface area (Å²) in [4.78, 5) is 13.3. The molecule has 0 radical (unpaired) electrons. The lowest BCUT2D eigenvalue weighted by atomic mass is 10.1. The highest BCUT2D eigenvalue weighted by molar-refractivity contribution is 5.78. The van der Waals surface area contributed by atoms with Crippen molar-refractivity contribution in [2.45, 2.75) is 26.7 Å². The maximum Gasteiger partial charge on any atom is 0.236 e. The predicted octanol–water partition coefficient (Wildman–Crippen LogP) is 0.854. The van der Waals surface area contributed by atoms with Crippen LogP contribution in [0.15, 0.2) is 0 Å². The molecule has 1 N–H and O–H groups in total. The molecular weight excluding hydrogens is 164 g/mol. The highest BCUT2D eigenvalue weighted by atomic mass is 16.2. The molecule has 1 aliphatic heterocycles. The number of carbonyl (C=O) groups is 1. The number of carbonyl (C=O) groups excluding carboxylic acids is 1. The highest BCUT2D eigenvalue weighted by Gasteiger charge is 2.16. The summed E-state index contributed by atoms with van der Waals surface area (Å²) in [6.45, 7) is 7.75. The van der Waals surface area contributed by atoms with Crippen LogP contribution in [0.2, 0.25) is 0 Å². The van der Waals surface area contributed by atoms with Crippen molar-refractivity contribution in [2.75, 3.05) is 26.2 Å². The van der Waals surface area contributed by atoms with Gasteiger partial charge in [0, 0.05) is 19.6 Å². The molecule has 1 aliphatic rings. The molecule has 1 heterocycles. The van der Waals surface area contributed by atoms with Gasteiger partial charge in [-0.05, 0) is 18.8 Å². The van der Waals surface area contributed by atoms with Gasteiger partial charge in [0.25, 0.3) is 0 Å². The third kappa shape index (κ3) is 3.77. The first-order chi connectivity index (χ1) is 6.20. The van der Waals surface area contributed by atoms with Crippen molar-refractivity contribution < 1.29 is 4.79 Å². The van der Waals surface area contributed by atoms with Crippen LogP contribution in [-0.2, 0) is 4.79 Å². The Labute approximate surface area is 80.5 Å². The smallest absolute Gasteiger partial charge is 0.236 e. The van der Waals surface area contributed by atoms with E-state index in [9.17, 15) is 4.79 Å². The lowest BCUT2D eigenvalue weighted by Crippen LogP contribution is -2.48. The maximum absolute atomic E-state index is 11.3. The fourth-order valence-electron chi connectivity index (χ4n) is 1.57. The average Bonchev–Trinajstić information content (AvgIpc) is 2.08. The van der Waals surface area contributed by atoms with Crippen LogP contribution in [0.25, 0.3) is 0 Å². The molecule has 0 aromatic heterocycles. The molecule has 0 atom stereocenters. The first-order valence-electron chi connectivity index (χ1n) is 5.18. The van der Waals surface area contributed by atoms with Gasteiger partial charge in [0.15, 0.2) is 0 Å². The first-order valence-corrected chi connectivity index (χ1v) is 5.18. The fraction of sp³-hybridized carbons (Fsp3) is 0.900. The van der Waals surface area contributed by atoms with Gasteiger partial charge < -0.3 is 10.2 Å². The van der Waals surface area contributed by atoms with E-state index in [1.807, 2.05) is 4.90 Å². The zero-order valence-electron chi connectivity index (χ0n) is 8.68. The van der Waals surface area contributed by atoms with Gasteiger partial charge in [-0.1, -0.05) is 13.8 Å². The van der Waals surface area contributed by atoms with Crippen LogP contribution < -0.4 is 5.32 Å². The summed E-state index contributed by atoms with van der Waals surface area (Å²) in [6.07, 6.45) is 2.36. The first kappa shape index (κ1) is 10.5. The van der Waals surface area contributed by atoms with E-state index in [1.165, 1.54) is 6.42 Å². The molecule has 1 rings (SSSR count). The molecule has 0 unspecified atom stereocenters. The van der Waals surface area contributed by atoms with Gasteiger partial charge in [0.2, 0.25) is 5.91 Å². The highest BCUT2D eigenvalue weighted by Crippen LogP contribution is 2.05. The van der Waals surface area contributed by atoms with Crippen LogP contribution in [-0.4, -0.2) is 37.0 Å². The Morgan fingerprint density at radius 3 is 2.92 bits per heavy atom. The van der Waals surface area contributed by atoms with Gasteiger partial charge >= 0.3 is 0 Å². The summed E-state index contributed by atoms with van der Waals surface area (Å²) >= 11 is 0. The number of piperazine rings is 1. The number of hydrogen-bond acceptors (Lipinski definition) is 2. The van der Waals surface area contributed by atoms with Crippen molar-refractivity contribution in [3.63, 3.8) is 0 Å². The summed E-state index contributed by atoms with van der Waals surface area (Å²) in [5.41, 5.74) is 0. The quantitative estimate of drug-likeness (QED) is 0.702. The summed E-state index contributed by atoms with van der Waals surface area (Å²) in [5, 5.41) is 3.07. The van der Waals surface area contributed by atoms with Crippen molar-refractivity contribution in [3.8, 4) is 0 Å². The van der Waals surface area contributed by atoms with Crippen LogP contribution >= 0.6 is 0 Å². The Balaban J connectivity index is 2.15. The van der Waals surface area contributed by atoms with E-state index < -0.39 is 0 Å². The van der Waals surface area contributed by atoms with Gasteiger partial charge in [-0.25, -0.2) is 0 Å². The number of rotatable bonds is 4. The zero-order valence-corrected chi connectivity index (χ0v) is 8.68. The molecule has 3 heteroatoms. The number of nitrogens with one attached hydrogen (secondary N) is 1. The molecule has 0 saturated carbocycles. The van der Waals surface area contributed by atoms with E-state index in [4.69, 9.17) is 0 Å². The van der Waals surface area contributed by atoms with E-state index in [0.717, 1.165) is 32.0 Å². The molecule has 1 fully saturated rings. The second kappa shape index (κ2) is 5.22. The molecule has 0 aliphatic carbocycles. The average molecular weight is 184 g/mol. The Hall–Kier alpha value is -0.570. The van der Waals surface area contributed by atoms with Crippen LogP contribution in [0, 0.1) is 5.92 Å². The Bertz CT molecular complexity index is 168. The molecule has 1 saturated heterocycles. The van der Waals surface area contributed by atoms with Gasteiger partial charge in [0.1, 0.15) is 0 Å². The summed E-state index contributed by atoms with van der Waals surface area (Å²) < 4.78 is 0. The van der Waals surface area contributed by atoms with Gasteiger partial charge in [-0.3, -0.25) is 4.79 Å². The second-order valence-electron chi connectivity index (χ2n) is 4.09. The molecule has 76 valence electrons. The third-order valence-electron chi connectivity index (χ3n) is 2.40. The fourth-order valence-corrected chi connectivity index (χ4v) is 1.57. The van der Waals surface area contributed by atoms with Crippen molar-refractivity contribution in [3.05, 3.63) is 0 Å². The van der Waals surface area contributed by atoms with Crippen LogP contribution in [0.5, 0.6) is 0 Å². The topological polar surface area (TPSA) is 32.3 Å². The van der Waals surface area contributed by atoms with Crippen LogP contribution in [0.3, 0.4) is 0 Å². The maximum atomic E-state index is 11.3. The Morgan fingerprint density at radius 1 is 1.54 bits per heavy atom. The Kier molecular flexibility index (Phi) is 4.22. The standard InChI is InChI=1S/C10H20N2O/c1-9(2)4-3-6-12-7-5-11-8-10(12)13/h9,11H,3-8H2,1-2H3. The largest absolute Gasteiger partial charge is 0.340 e. The van der Waals surface area contributed by atoms with Crippen LogP contribution in [0.1, 0.15) is 26.7 Å². The van der Waals surface area contributed by atoms with Gasteiger partial charge in [-0.15, -0.1) is 0 Å². The van der Waals surface area contributed by atoms with E-state index in [0.29, 0.717) is 6.54 Å². The van der Waals surface area contributed by atoms with Gasteiger partial charge in [-0.2, -0.15) is 0 Å². The van der Waals surface area contributed by atoms with Crippen molar-refractivity contribution in [1.29, 1.82) is 0 Å². The molecule has 13 heavy (non-hydrogen) atoms. The molecular formula is C10H20N2O. The van der Waals surface area contributed by atoms with Gasteiger partial charge in [0.05, 0.1) is 6.54 Å². The summed E-state index contributed by atoms with van der Waals surface area (Å²) in [7, 11) is 0. The summed E-state index contributed by atoms with van der Waals surface area (Å²) in [5.74, 6) is 1.01. The molecule has 1 amide bonds. The number of hydrogen-bond donors (Lipinski definition) is 1. The monoisotopic (exact) mass is 184 g/mol. The lowest BCUT2D eigenvalue weighted by Gasteiger charge is -2.27. The van der Waals surface area contributed by atoms with E-state index >= 15 is 0 Å². The van der Waals surface area contributed by atoms with Crippen LogP contribution in [0.4, 0.5) is 0 Å². The molecule has 0 aromatic rings. The minimum absolute atomic E-state index is 0.259. The minimum Gasteiger partial charge on any atom is -0.340 e. The van der Waals surface area contributed by atoms with E-state index in [-0.39, 0.29) is 5.91 Å². The number of amides is 1. The lowest BCUT2D eigenvalue weighted by molar-refractivity contribution is -0.132. The minimum atomic E-state index is 0.259. The summed E-state index contributed by atoms with van der Waals surface area (Å²) in [6, 6.07) is 0. The van der Waals surface area contributed by atoms with E-state index in [1.54, 1.807) is 0 Å². The van der Waals surface area contributed by atoms with Crippen molar-refractivity contribution in [1.82, 2.24) is 10.2 Å². The normalized spacial score (nSPS) is 18.4. The van der Waals surface area contributed by atoms with Crippen molar-refractivity contribution >= 4 is 5.91 Å². The predicted molar refractivity (Wildman–Crippen MR) is 53.5 cm³/mol. The SMILES string of the molecule is CC(C)CCCN1CCNCC1=O. The van der Waals surface area contributed by atoms with E-state index in [2.05, 4.69) is 19.2 Å². The molecule has 0 spiro atoms. The molecule has 0 bridgehead atoms. The molecule has 0 aromatic carbocycles. The Morgan fingerprint density at radius 2 is 2.31 bits per heavy atom. The third-order valence-corrected chi connectivity index (χ3v) is 2.40. The number of nitrogens with zero attached hydrogens (tertiary/aromatic N) is 1. The second-order valence-corrected chi connectivity index (χ2v) is 4.09. The molecule has 3 nitrogen and oxygen atoms in total. The van der Waals surface area contributed by atoms with Crippen molar-refractivity contribution in [2.24, 2.45) is 5.92 Å². The zero-order chi connectivity index (χ0) is 9.68.